The maximum Gasteiger partial charge on any atom is 0.340 e. The minimum atomic E-state index is -0.430. The molecule has 1 saturated carbocycles. The van der Waals surface area contributed by atoms with Crippen LogP contribution in [0.4, 0.5) is 5.82 Å². The number of ether oxygens (including phenoxy) is 2. The van der Waals surface area contributed by atoms with Crippen molar-refractivity contribution >= 4 is 17.4 Å². The minimum absolute atomic E-state index is 0.206. The van der Waals surface area contributed by atoms with Gasteiger partial charge in [-0.3, -0.25) is 9.97 Å². The predicted molar refractivity (Wildman–Crippen MR) is 160 cm³/mol. The summed E-state index contributed by atoms with van der Waals surface area (Å²) in [6.45, 7) is 4.70. The second kappa shape index (κ2) is 14.2. The molecular formula is C30H39ClN8O3. The number of halogens is 1. The molecule has 42 heavy (non-hydrogen) atoms. The van der Waals surface area contributed by atoms with Crippen molar-refractivity contribution in [3.8, 4) is 17.3 Å². The lowest BCUT2D eigenvalue weighted by molar-refractivity contribution is 0.0455. The van der Waals surface area contributed by atoms with Crippen molar-refractivity contribution in [2.75, 3.05) is 31.7 Å². The van der Waals surface area contributed by atoms with Crippen LogP contribution in [0.3, 0.4) is 0 Å². The van der Waals surface area contributed by atoms with E-state index in [1.807, 2.05) is 18.2 Å². The lowest BCUT2D eigenvalue weighted by Gasteiger charge is -2.31. The van der Waals surface area contributed by atoms with Crippen molar-refractivity contribution in [2.24, 2.45) is 11.3 Å². The third-order valence-corrected chi connectivity index (χ3v) is 8.55. The zero-order valence-corrected chi connectivity index (χ0v) is 24.8. The molecule has 1 aliphatic carbocycles. The molecule has 0 bridgehead atoms. The molecule has 1 saturated heterocycles. The fraction of sp³-hybridized carbons (Fsp3) is 0.567. The van der Waals surface area contributed by atoms with Crippen LogP contribution in [0.15, 0.2) is 35.3 Å². The quantitative estimate of drug-likeness (QED) is 0.241. The highest BCUT2D eigenvalue weighted by Crippen LogP contribution is 2.32. The van der Waals surface area contributed by atoms with Gasteiger partial charge in [0.05, 0.1) is 28.8 Å². The van der Waals surface area contributed by atoms with Gasteiger partial charge >= 0.3 is 5.69 Å². The van der Waals surface area contributed by atoms with Crippen molar-refractivity contribution in [3.05, 3.63) is 57.5 Å². The largest absolute Gasteiger partial charge is 0.381 e. The summed E-state index contributed by atoms with van der Waals surface area (Å²) in [5.74, 6) is 1.80. The van der Waals surface area contributed by atoms with Crippen molar-refractivity contribution in [1.29, 1.82) is 5.26 Å². The molecule has 2 aliphatic rings. The van der Waals surface area contributed by atoms with Crippen LogP contribution in [0.25, 0.3) is 11.3 Å². The van der Waals surface area contributed by atoms with Crippen LogP contribution in [0.1, 0.15) is 57.0 Å². The van der Waals surface area contributed by atoms with E-state index in [9.17, 15) is 10.1 Å². The number of pyridine rings is 2. The Morgan fingerprint density at radius 1 is 1.26 bits per heavy atom. The van der Waals surface area contributed by atoms with E-state index < -0.39 is 5.41 Å². The maximum absolute atomic E-state index is 11.1. The number of nitriles is 1. The number of nitrogens with one attached hydrogen (secondary N) is 4. The molecular weight excluding hydrogens is 556 g/mol. The van der Waals surface area contributed by atoms with Gasteiger partial charge in [-0.2, -0.15) is 10.4 Å². The Labute approximate surface area is 250 Å². The third-order valence-electron chi connectivity index (χ3n) is 8.25. The molecule has 0 unspecified atom stereocenters. The number of anilines is 1. The fourth-order valence-corrected chi connectivity index (χ4v) is 6.01. The van der Waals surface area contributed by atoms with E-state index in [-0.39, 0.29) is 18.3 Å². The highest BCUT2D eigenvalue weighted by Gasteiger charge is 2.32. The third kappa shape index (κ3) is 8.16. The summed E-state index contributed by atoms with van der Waals surface area (Å²) >= 11 is 6.59. The van der Waals surface area contributed by atoms with Gasteiger partial charge in [-0.05, 0) is 76.0 Å². The lowest BCUT2D eigenvalue weighted by atomic mass is 9.82. The van der Waals surface area contributed by atoms with Crippen molar-refractivity contribution in [2.45, 2.75) is 70.6 Å². The predicted octanol–water partition coefficient (Wildman–Crippen LogP) is 4.24. The van der Waals surface area contributed by atoms with Gasteiger partial charge in [0.25, 0.3) is 0 Å². The first-order valence-corrected chi connectivity index (χ1v) is 15.1. The summed E-state index contributed by atoms with van der Waals surface area (Å²) in [5, 5.41) is 23.6. The number of aromatic amines is 2. The molecule has 2 fully saturated rings. The topological polar surface area (TPSA) is 154 Å². The molecule has 224 valence electrons. The van der Waals surface area contributed by atoms with Crippen LogP contribution >= 0.6 is 11.6 Å². The van der Waals surface area contributed by atoms with Crippen LogP contribution in [0, 0.1) is 22.7 Å². The van der Waals surface area contributed by atoms with Crippen molar-refractivity contribution < 1.29 is 9.47 Å². The second-order valence-corrected chi connectivity index (χ2v) is 12.0. The van der Waals surface area contributed by atoms with E-state index in [1.165, 1.54) is 0 Å². The Hall–Kier alpha value is -3.30. The first kappa shape index (κ1) is 30.2. The monoisotopic (exact) mass is 594 g/mol. The van der Waals surface area contributed by atoms with Crippen LogP contribution in [-0.4, -0.2) is 63.6 Å². The molecule has 4 N–H and O–H groups in total. The van der Waals surface area contributed by atoms with Gasteiger partial charge < -0.3 is 20.1 Å². The Balaban J connectivity index is 1.11. The summed E-state index contributed by atoms with van der Waals surface area (Å²) in [5.41, 5.74) is 1.93. The van der Waals surface area contributed by atoms with Crippen LogP contribution in [0.5, 0.6) is 0 Å². The highest BCUT2D eigenvalue weighted by molar-refractivity contribution is 6.33. The first-order chi connectivity index (χ1) is 20.4. The number of aromatic nitrogens is 5. The summed E-state index contributed by atoms with van der Waals surface area (Å²) in [6, 6.07) is 11.1. The van der Waals surface area contributed by atoms with E-state index >= 15 is 0 Å². The second-order valence-electron chi connectivity index (χ2n) is 11.6. The van der Waals surface area contributed by atoms with Crippen LogP contribution < -0.4 is 16.3 Å². The molecule has 0 spiro atoms. The number of hydrogen-bond donors (Lipinski definition) is 4. The maximum atomic E-state index is 11.1. The minimum Gasteiger partial charge on any atom is -0.381 e. The average molecular weight is 595 g/mol. The molecule has 11 nitrogen and oxygen atoms in total. The van der Waals surface area contributed by atoms with Gasteiger partial charge in [0.1, 0.15) is 12.4 Å². The molecule has 5 rings (SSSR count). The highest BCUT2D eigenvalue weighted by atomic mass is 35.5. The van der Waals surface area contributed by atoms with Gasteiger partial charge in [-0.25, -0.2) is 14.9 Å². The SMILES string of the molecule is C[C@@H](COCc1n[nH]c(=O)[nH]1)NC1CCC(Cc2cc(-c3cccc(NCC4(C#N)CCOCC4)n3)c(Cl)cn2)CC1. The summed E-state index contributed by atoms with van der Waals surface area (Å²) in [4.78, 5) is 23.2. The smallest absolute Gasteiger partial charge is 0.340 e. The van der Waals surface area contributed by atoms with E-state index in [4.69, 9.17) is 26.1 Å². The number of nitrogens with zero attached hydrogens (tertiary/aromatic N) is 4. The standard InChI is InChI=1S/C30H39ClN8O3/c1-20(16-42-17-28-37-29(40)39-38-28)35-22-7-5-21(6-8-22)13-23-14-24(25(31)15-33-23)26-3-2-4-27(36-26)34-19-30(18-32)9-11-41-12-10-30/h2-4,14-15,20-22,35H,5-13,16-17,19H2,1H3,(H,34,36)(H2,37,38,39,40)/t20-,21?,22?/m0/s1. The van der Waals surface area contributed by atoms with E-state index in [0.29, 0.717) is 49.2 Å². The Bertz CT molecular complexity index is 1410. The Morgan fingerprint density at radius 3 is 2.81 bits per heavy atom. The number of hydrogen-bond acceptors (Lipinski definition) is 9. The van der Waals surface area contributed by atoms with Crippen molar-refractivity contribution in [1.82, 2.24) is 30.5 Å². The first-order valence-electron chi connectivity index (χ1n) is 14.7. The lowest BCUT2D eigenvalue weighted by Crippen LogP contribution is -2.41. The van der Waals surface area contributed by atoms with E-state index in [1.54, 1.807) is 6.20 Å². The Morgan fingerprint density at radius 2 is 2.07 bits per heavy atom. The fourth-order valence-electron chi connectivity index (χ4n) is 5.81. The van der Waals surface area contributed by atoms with Gasteiger partial charge in [0.2, 0.25) is 0 Å². The average Bonchev–Trinajstić information content (AvgIpc) is 3.43. The normalized spacial score (nSPS) is 21.0. The zero-order valence-electron chi connectivity index (χ0n) is 24.0. The molecule has 0 aromatic carbocycles. The Kier molecular flexibility index (Phi) is 10.2. The number of rotatable bonds is 12. The number of H-pyrrole nitrogens is 2. The summed E-state index contributed by atoms with van der Waals surface area (Å²) < 4.78 is 11.1. The molecule has 1 aliphatic heterocycles. The van der Waals surface area contributed by atoms with Crippen LogP contribution in [-0.2, 0) is 22.5 Å². The van der Waals surface area contributed by atoms with Crippen LogP contribution in [0.2, 0.25) is 5.02 Å². The summed E-state index contributed by atoms with van der Waals surface area (Å²) in [7, 11) is 0. The molecule has 3 aromatic rings. The van der Waals surface area contributed by atoms with Gasteiger partial charge in [-0.1, -0.05) is 17.7 Å². The molecule has 0 amide bonds. The van der Waals surface area contributed by atoms with E-state index in [0.717, 1.165) is 67.7 Å². The molecule has 3 aromatic heterocycles. The molecule has 0 radical (unpaired) electrons. The molecule has 1 atom stereocenters. The van der Waals surface area contributed by atoms with Gasteiger partial charge in [0.15, 0.2) is 5.82 Å². The zero-order chi connectivity index (χ0) is 29.4. The van der Waals surface area contributed by atoms with E-state index in [2.05, 4.69) is 49.9 Å². The molecule has 12 heteroatoms. The molecule has 4 heterocycles. The van der Waals surface area contributed by atoms with Gasteiger partial charge in [0, 0.05) is 49.3 Å². The van der Waals surface area contributed by atoms with Crippen molar-refractivity contribution in [3.63, 3.8) is 0 Å². The summed E-state index contributed by atoms with van der Waals surface area (Å²) in [6.07, 6.45) is 8.54. The van der Waals surface area contributed by atoms with Gasteiger partial charge in [-0.15, -0.1) is 0 Å².